The zero-order valence-corrected chi connectivity index (χ0v) is 10.2. The van der Waals surface area contributed by atoms with Gasteiger partial charge < -0.3 is 5.11 Å². The van der Waals surface area contributed by atoms with Crippen molar-refractivity contribution in [3.63, 3.8) is 0 Å². The Morgan fingerprint density at radius 1 is 0.944 bits per heavy atom. The first-order chi connectivity index (χ1) is 8.77. The summed E-state index contributed by atoms with van der Waals surface area (Å²) in [4.78, 5) is 0. The predicted molar refractivity (Wildman–Crippen MR) is 74.5 cm³/mol. The summed E-state index contributed by atoms with van der Waals surface area (Å²) in [7, 11) is 0. The second kappa shape index (κ2) is 6.03. The van der Waals surface area contributed by atoms with Crippen molar-refractivity contribution in [2.24, 2.45) is 0 Å². The standard InChI is InChI=1S/C16H17NO/c1-13(18)12-17-16(14-8-4-2-5-9-14)15-10-6-3-7-11-15/h2-11,16-18H,1,12H2. The molecule has 0 aliphatic heterocycles. The van der Waals surface area contributed by atoms with Crippen LogP contribution in [0.15, 0.2) is 73.0 Å². The molecule has 0 unspecified atom stereocenters. The smallest absolute Gasteiger partial charge is 0.0989 e. The zero-order valence-electron chi connectivity index (χ0n) is 10.2. The van der Waals surface area contributed by atoms with Crippen LogP contribution in [0, 0.1) is 0 Å². The fourth-order valence-corrected chi connectivity index (χ4v) is 1.94. The van der Waals surface area contributed by atoms with Crippen molar-refractivity contribution in [2.45, 2.75) is 6.04 Å². The molecule has 0 aliphatic carbocycles. The van der Waals surface area contributed by atoms with Crippen molar-refractivity contribution in [1.82, 2.24) is 5.32 Å². The van der Waals surface area contributed by atoms with E-state index in [1.54, 1.807) is 0 Å². The Morgan fingerprint density at radius 3 is 1.78 bits per heavy atom. The highest BCUT2D eigenvalue weighted by molar-refractivity contribution is 5.31. The van der Waals surface area contributed by atoms with Crippen molar-refractivity contribution in [1.29, 1.82) is 0 Å². The third-order valence-electron chi connectivity index (χ3n) is 2.78. The summed E-state index contributed by atoms with van der Waals surface area (Å²) in [6.45, 7) is 3.89. The van der Waals surface area contributed by atoms with Gasteiger partial charge in [0.15, 0.2) is 0 Å². The molecule has 0 amide bonds. The molecule has 0 saturated heterocycles. The molecule has 0 radical (unpaired) electrons. The van der Waals surface area contributed by atoms with Crippen molar-refractivity contribution >= 4 is 0 Å². The normalized spacial score (nSPS) is 10.5. The Labute approximate surface area is 108 Å². The Bertz CT molecular complexity index is 454. The third kappa shape index (κ3) is 3.22. The molecular formula is C16H17NO. The van der Waals surface area contributed by atoms with E-state index in [4.69, 9.17) is 0 Å². The van der Waals surface area contributed by atoms with Gasteiger partial charge in [-0.3, -0.25) is 5.32 Å². The average Bonchev–Trinajstić information content (AvgIpc) is 2.41. The van der Waals surface area contributed by atoms with E-state index in [-0.39, 0.29) is 11.8 Å². The first kappa shape index (κ1) is 12.4. The molecule has 2 aromatic carbocycles. The quantitative estimate of drug-likeness (QED) is 0.783. The highest BCUT2D eigenvalue weighted by atomic mass is 16.3. The van der Waals surface area contributed by atoms with Gasteiger partial charge in [-0.15, -0.1) is 0 Å². The summed E-state index contributed by atoms with van der Waals surface area (Å²) < 4.78 is 0. The maximum Gasteiger partial charge on any atom is 0.0989 e. The molecule has 0 fully saturated rings. The number of rotatable bonds is 5. The SMILES string of the molecule is C=C(O)CNC(c1ccccc1)c1ccccc1. The van der Waals surface area contributed by atoms with E-state index in [1.807, 2.05) is 36.4 Å². The molecule has 0 aromatic heterocycles. The molecule has 0 heterocycles. The van der Waals surface area contributed by atoms with Crippen LogP contribution >= 0.6 is 0 Å². The van der Waals surface area contributed by atoms with Crippen LogP contribution in [-0.2, 0) is 0 Å². The second-order valence-electron chi connectivity index (χ2n) is 4.20. The summed E-state index contributed by atoms with van der Waals surface area (Å²) in [5, 5.41) is 12.5. The lowest BCUT2D eigenvalue weighted by molar-refractivity contribution is 0.386. The molecule has 0 aliphatic rings. The number of aliphatic hydroxyl groups is 1. The lowest BCUT2D eigenvalue weighted by Crippen LogP contribution is -2.24. The van der Waals surface area contributed by atoms with Crippen LogP contribution in [0.2, 0.25) is 0 Å². The van der Waals surface area contributed by atoms with Gasteiger partial charge in [0, 0.05) is 0 Å². The molecule has 92 valence electrons. The van der Waals surface area contributed by atoms with Crippen LogP contribution in [0.3, 0.4) is 0 Å². The molecular weight excluding hydrogens is 222 g/mol. The number of nitrogens with one attached hydrogen (secondary N) is 1. The summed E-state index contributed by atoms with van der Waals surface area (Å²) in [5.41, 5.74) is 2.34. The summed E-state index contributed by atoms with van der Waals surface area (Å²) in [6, 6.07) is 20.4. The second-order valence-corrected chi connectivity index (χ2v) is 4.20. The minimum absolute atomic E-state index is 0.0660. The van der Waals surface area contributed by atoms with Crippen molar-refractivity contribution in [3.8, 4) is 0 Å². The highest BCUT2D eigenvalue weighted by Crippen LogP contribution is 2.21. The molecule has 2 aromatic rings. The highest BCUT2D eigenvalue weighted by Gasteiger charge is 2.12. The van der Waals surface area contributed by atoms with Gasteiger partial charge in [0.05, 0.1) is 18.3 Å². The number of hydrogen-bond acceptors (Lipinski definition) is 2. The molecule has 2 nitrogen and oxygen atoms in total. The lowest BCUT2D eigenvalue weighted by Gasteiger charge is -2.19. The van der Waals surface area contributed by atoms with Crippen molar-refractivity contribution in [3.05, 3.63) is 84.1 Å². The molecule has 2 heteroatoms. The van der Waals surface area contributed by atoms with E-state index < -0.39 is 0 Å². The third-order valence-corrected chi connectivity index (χ3v) is 2.78. The van der Waals surface area contributed by atoms with E-state index in [2.05, 4.69) is 36.2 Å². The van der Waals surface area contributed by atoms with Gasteiger partial charge in [0.2, 0.25) is 0 Å². The maximum absolute atomic E-state index is 9.24. The topological polar surface area (TPSA) is 32.3 Å². The summed E-state index contributed by atoms with van der Waals surface area (Å²) in [5.74, 6) is 0.145. The number of aliphatic hydroxyl groups excluding tert-OH is 1. The molecule has 0 spiro atoms. The van der Waals surface area contributed by atoms with E-state index >= 15 is 0 Å². The van der Waals surface area contributed by atoms with Crippen LogP contribution in [-0.4, -0.2) is 11.7 Å². The number of hydrogen-bond donors (Lipinski definition) is 2. The molecule has 2 rings (SSSR count). The molecule has 0 saturated carbocycles. The fraction of sp³-hybridized carbons (Fsp3) is 0.125. The van der Waals surface area contributed by atoms with Crippen LogP contribution < -0.4 is 5.32 Å². The van der Waals surface area contributed by atoms with E-state index in [1.165, 1.54) is 11.1 Å². The minimum Gasteiger partial charge on any atom is -0.512 e. The van der Waals surface area contributed by atoms with Gasteiger partial charge in [0.1, 0.15) is 0 Å². The maximum atomic E-state index is 9.24. The van der Waals surface area contributed by atoms with E-state index in [0.29, 0.717) is 6.54 Å². The Balaban J connectivity index is 2.26. The first-order valence-corrected chi connectivity index (χ1v) is 5.97. The van der Waals surface area contributed by atoms with Crippen LogP contribution in [0.4, 0.5) is 0 Å². The van der Waals surface area contributed by atoms with Gasteiger partial charge in [-0.25, -0.2) is 0 Å². The Morgan fingerprint density at radius 2 is 1.39 bits per heavy atom. The molecule has 0 atom stereocenters. The molecule has 18 heavy (non-hydrogen) atoms. The van der Waals surface area contributed by atoms with Gasteiger partial charge in [-0.2, -0.15) is 0 Å². The predicted octanol–water partition coefficient (Wildman–Crippen LogP) is 3.44. The first-order valence-electron chi connectivity index (χ1n) is 5.97. The van der Waals surface area contributed by atoms with Crippen LogP contribution in [0.1, 0.15) is 17.2 Å². The molecule has 0 bridgehead atoms. The van der Waals surface area contributed by atoms with Gasteiger partial charge in [-0.1, -0.05) is 67.2 Å². The van der Waals surface area contributed by atoms with Gasteiger partial charge >= 0.3 is 0 Å². The van der Waals surface area contributed by atoms with Crippen LogP contribution in [0.25, 0.3) is 0 Å². The number of benzene rings is 2. The minimum atomic E-state index is 0.0660. The van der Waals surface area contributed by atoms with Gasteiger partial charge in [0.25, 0.3) is 0 Å². The average molecular weight is 239 g/mol. The van der Waals surface area contributed by atoms with E-state index in [0.717, 1.165) is 0 Å². The monoisotopic (exact) mass is 239 g/mol. The van der Waals surface area contributed by atoms with Crippen molar-refractivity contribution in [2.75, 3.05) is 6.54 Å². The Kier molecular flexibility index (Phi) is 4.15. The molecule has 2 N–H and O–H groups in total. The zero-order chi connectivity index (χ0) is 12.8. The largest absolute Gasteiger partial charge is 0.512 e. The summed E-state index contributed by atoms with van der Waals surface area (Å²) in [6.07, 6.45) is 0. The summed E-state index contributed by atoms with van der Waals surface area (Å²) >= 11 is 0. The lowest BCUT2D eigenvalue weighted by atomic mass is 9.99. The fourth-order valence-electron chi connectivity index (χ4n) is 1.94. The van der Waals surface area contributed by atoms with Gasteiger partial charge in [-0.05, 0) is 11.1 Å². The van der Waals surface area contributed by atoms with Crippen LogP contribution in [0.5, 0.6) is 0 Å². The van der Waals surface area contributed by atoms with Crippen molar-refractivity contribution < 1.29 is 5.11 Å². The Hall–Kier alpha value is -2.06. The van der Waals surface area contributed by atoms with E-state index in [9.17, 15) is 5.11 Å².